The molecule has 0 aliphatic carbocycles. The summed E-state index contributed by atoms with van der Waals surface area (Å²) in [5.74, 6) is -0.470. The van der Waals surface area contributed by atoms with Gasteiger partial charge < -0.3 is 0 Å². The number of hydrogen-bond donors (Lipinski definition) is 0. The van der Waals surface area contributed by atoms with Crippen molar-refractivity contribution in [1.29, 1.82) is 0 Å². The molecule has 4 rings (SSSR count). The van der Waals surface area contributed by atoms with Gasteiger partial charge in [0.2, 0.25) is 10.0 Å². The zero-order valence-corrected chi connectivity index (χ0v) is 20.7. The molecule has 3 aromatic rings. The van der Waals surface area contributed by atoms with E-state index in [1.165, 1.54) is 28.6 Å². The average Bonchev–Trinajstić information content (AvgIpc) is 2.79. The molecular weight excluding hydrogens is 482 g/mol. The molecular formula is C25H25Cl2FN2O2S. The fourth-order valence-corrected chi connectivity index (χ4v) is 6.15. The van der Waals surface area contributed by atoms with Gasteiger partial charge in [0.25, 0.3) is 0 Å². The highest BCUT2D eigenvalue weighted by Crippen LogP contribution is 2.40. The van der Waals surface area contributed by atoms with Crippen molar-refractivity contribution >= 4 is 33.2 Å². The Morgan fingerprint density at radius 3 is 2.00 bits per heavy atom. The lowest BCUT2D eigenvalue weighted by Crippen LogP contribution is -2.74. The Hall–Kier alpha value is -1.96. The summed E-state index contributed by atoms with van der Waals surface area (Å²) in [5, 5.41) is 1.33. The number of sulfonamides is 1. The van der Waals surface area contributed by atoms with Crippen molar-refractivity contribution in [2.24, 2.45) is 0 Å². The second-order valence-electron chi connectivity index (χ2n) is 8.66. The Morgan fingerprint density at radius 1 is 0.939 bits per heavy atom. The highest BCUT2D eigenvalue weighted by molar-refractivity contribution is 7.89. The summed E-state index contributed by atoms with van der Waals surface area (Å²) < 4.78 is 41.4. The molecule has 174 valence electrons. The Balaban J connectivity index is 1.63. The van der Waals surface area contributed by atoms with E-state index in [1.54, 1.807) is 7.05 Å². The average molecular weight is 507 g/mol. The third-order valence-corrected chi connectivity index (χ3v) is 8.91. The third-order valence-electron chi connectivity index (χ3n) is 6.53. The van der Waals surface area contributed by atoms with Gasteiger partial charge in [-0.3, -0.25) is 4.90 Å². The van der Waals surface area contributed by atoms with E-state index in [0.717, 1.165) is 11.1 Å². The summed E-state index contributed by atoms with van der Waals surface area (Å²) in [5.41, 5.74) is 1.71. The summed E-state index contributed by atoms with van der Waals surface area (Å²) in [6.07, 6.45) is 0.645. The van der Waals surface area contributed by atoms with Crippen LogP contribution >= 0.6 is 23.2 Å². The van der Waals surface area contributed by atoms with E-state index >= 15 is 0 Å². The van der Waals surface area contributed by atoms with E-state index in [0.29, 0.717) is 29.6 Å². The van der Waals surface area contributed by atoms with Gasteiger partial charge in [0, 0.05) is 35.7 Å². The molecule has 0 amide bonds. The number of halogens is 3. The molecule has 3 aromatic carbocycles. The van der Waals surface area contributed by atoms with Gasteiger partial charge in [-0.1, -0.05) is 47.5 Å². The minimum absolute atomic E-state index is 0.0800. The van der Waals surface area contributed by atoms with Crippen molar-refractivity contribution in [1.82, 2.24) is 9.21 Å². The number of hydrogen-bond acceptors (Lipinski definition) is 3. The molecule has 8 heteroatoms. The summed E-state index contributed by atoms with van der Waals surface area (Å²) >= 11 is 12.1. The smallest absolute Gasteiger partial charge is 0.243 e. The van der Waals surface area contributed by atoms with E-state index in [-0.39, 0.29) is 10.9 Å². The van der Waals surface area contributed by atoms with Crippen LogP contribution in [0.4, 0.5) is 4.39 Å². The molecule has 2 unspecified atom stereocenters. The van der Waals surface area contributed by atoms with Crippen LogP contribution in [0.1, 0.15) is 18.1 Å². The van der Waals surface area contributed by atoms with E-state index < -0.39 is 21.4 Å². The first-order chi connectivity index (χ1) is 15.6. The fourth-order valence-electron chi connectivity index (χ4n) is 4.46. The van der Waals surface area contributed by atoms with E-state index in [4.69, 9.17) is 23.2 Å². The van der Waals surface area contributed by atoms with Crippen LogP contribution in [-0.2, 0) is 23.0 Å². The minimum Gasteiger partial charge on any atom is -0.290 e. The highest BCUT2D eigenvalue weighted by atomic mass is 35.5. The van der Waals surface area contributed by atoms with Crippen LogP contribution in [0, 0.1) is 5.82 Å². The number of rotatable bonds is 7. The topological polar surface area (TPSA) is 40.6 Å². The van der Waals surface area contributed by atoms with Gasteiger partial charge in [-0.2, -0.15) is 4.31 Å². The molecule has 1 fully saturated rings. The predicted molar refractivity (Wildman–Crippen MR) is 131 cm³/mol. The maximum absolute atomic E-state index is 13.4. The van der Waals surface area contributed by atoms with Gasteiger partial charge >= 0.3 is 0 Å². The van der Waals surface area contributed by atoms with E-state index in [2.05, 4.69) is 11.8 Å². The Kier molecular flexibility index (Phi) is 6.85. The number of likely N-dealkylation sites (tertiary alicyclic amines) is 1. The van der Waals surface area contributed by atoms with Crippen LogP contribution in [0.25, 0.3) is 0 Å². The van der Waals surface area contributed by atoms with Crippen LogP contribution < -0.4 is 0 Å². The van der Waals surface area contributed by atoms with Crippen molar-refractivity contribution in [3.05, 3.63) is 99.8 Å². The van der Waals surface area contributed by atoms with Crippen LogP contribution in [0.5, 0.6) is 0 Å². The van der Waals surface area contributed by atoms with Gasteiger partial charge in [-0.25, -0.2) is 12.8 Å². The van der Waals surface area contributed by atoms with Gasteiger partial charge in [0.05, 0.1) is 10.9 Å². The first-order valence-corrected chi connectivity index (χ1v) is 12.8. The van der Waals surface area contributed by atoms with Crippen LogP contribution in [-0.4, -0.2) is 42.8 Å². The molecule has 2 atom stereocenters. The molecule has 0 saturated carbocycles. The molecule has 1 heterocycles. The van der Waals surface area contributed by atoms with Gasteiger partial charge in [0.15, 0.2) is 0 Å². The normalized spacial score (nSPS) is 21.2. The van der Waals surface area contributed by atoms with Crippen molar-refractivity contribution in [2.45, 2.75) is 36.4 Å². The molecule has 0 N–H and O–H groups in total. The lowest BCUT2D eigenvalue weighted by atomic mass is 9.76. The second kappa shape index (κ2) is 9.35. The lowest BCUT2D eigenvalue weighted by molar-refractivity contribution is -0.0722. The standard InChI is InChI=1S/C25H25Cl2FN2O2S/c1-25(15-18-3-7-20(26)8-4-18)24(17-30(25)16-19-5-9-21(27)10-6-19)29(2)33(31,32)23-13-11-22(28)12-14-23/h3-14,24H,15-17H2,1-2H3. The summed E-state index contributed by atoms with van der Waals surface area (Å²) in [6.45, 7) is 3.33. The van der Waals surface area contributed by atoms with Crippen LogP contribution in [0.15, 0.2) is 77.7 Å². The summed E-state index contributed by atoms with van der Waals surface area (Å²) in [6, 6.07) is 20.0. The molecule has 33 heavy (non-hydrogen) atoms. The maximum Gasteiger partial charge on any atom is 0.243 e. The number of likely N-dealkylation sites (N-methyl/N-ethyl adjacent to an activating group) is 1. The Bertz CT molecular complexity index is 1220. The van der Waals surface area contributed by atoms with Crippen molar-refractivity contribution in [3.63, 3.8) is 0 Å². The quantitative estimate of drug-likeness (QED) is 0.416. The van der Waals surface area contributed by atoms with Gasteiger partial charge in [-0.05, 0) is 73.0 Å². The molecule has 0 aromatic heterocycles. The Labute approximate surface area is 204 Å². The minimum atomic E-state index is -3.79. The zero-order chi connectivity index (χ0) is 23.8. The van der Waals surface area contributed by atoms with Crippen molar-refractivity contribution in [3.8, 4) is 0 Å². The van der Waals surface area contributed by atoms with Gasteiger partial charge in [0.1, 0.15) is 5.82 Å². The zero-order valence-electron chi connectivity index (χ0n) is 18.4. The lowest BCUT2D eigenvalue weighted by Gasteiger charge is -2.59. The third kappa shape index (κ3) is 4.96. The highest BCUT2D eigenvalue weighted by Gasteiger charge is 2.53. The molecule has 0 bridgehead atoms. The molecule has 1 saturated heterocycles. The molecule has 1 aliphatic rings. The molecule has 4 nitrogen and oxygen atoms in total. The number of benzene rings is 3. The first kappa shape index (κ1) is 24.2. The summed E-state index contributed by atoms with van der Waals surface area (Å²) in [7, 11) is -2.19. The number of nitrogens with zero attached hydrogens (tertiary/aromatic N) is 2. The van der Waals surface area contributed by atoms with Crippen LogP contribution in [0.2, 0.25) is 10.0 Å². The molecule has 0 spiro atoms. The monoisotopic (exact) mass is 506 g/mol. The van der Waals surface area contributed by atoms with Crippen molar-refractivity contribution in [2.75, 3.05) is 13.6 Å². The maximum atomic E-state index is 13.4. The first-order valence-electron chi connectivity index (χ1n) is 10.6. The Morgan fingerprint density at radius 2 is 1.45 bits per heavy atom. The van der Waals surface area contributed by atoms with Crippen LogP contribution in [0.3, 0.4) is 0 Å². The summed E-state index contributed by atoms with van der Waals surface area (Å²) in [4.78, 5) is 2.36. The molecule has 0 radical (unpaired) electrons. The van der Waals surface area contributed by atoms with Crippen molar-refractivity contribution < 1.29 is 12.8 Å². The predicted octanol–water partition coefficient (Wildman–Crippen LogP) is 5.64. The van der Waals surface area contributed by atoms with Gasteiger partial charge in [-0.15, -0.1) is 0 Å². The van der Waals surface area contributed by atoms with E-state index in [1.807, 2.05) is 48.5 Å². The second-order valence-corrected chi connectivity index (χ2v) is 11.5. The fraction of sp³-hybridized carbons (Fsp3) is 0.280. The van der Waals surface area contributed by atoms with E-state index in [9.17, 15) is 12.8 Å². The molecule has 1 aliphatic heterocycles. The SMILES string of the molecule is CN(C1CN(Cc2ccc(Cl)cc2)C1(C)Cc1ccc(Cl)cc1)S(=O)(=O)c1ccc(F)cc1. The largest absolute Gasteiger partial charge is 0.290 e.